The van der Waals surface area contributed by atoms with Crippen LogP contribution >= 0.6 is 0 Å². The second-order valence-electron chi connectivity index (χ2n) is 5.72. The van der Waals surface area contributed by atoms with E-state index in [4.69, 9.17) is 0 Å². The van der Waals surface area contributed by atoms with Crippen molar-refractivity contribution in [3.63, 3.8) is 0 Å². The number of amides is 1. The van der Waals surface area contributed by atoms with Gasteiger partial charge in [0.25, 0.3) is 5.91 Å². The lowest BCUT2D eigenvalue weighted by Crippen LogP contribution is -2.37. The van der Waals surface area contributed by atoms with Gasteiger partial charge in [-0.3, -0.25) is 4.79 Å². The minimum atomic E-state index is 0.0302. The van der Waals surface area contributed by atoms with Gasteiger partial charge in [-0.1, -0.05) is 42.8 Å². The first kappa shape index (κ1) is 14.1. The van der Waals surface area contributed by atoms with Gasteiger partial charge >= 0.3 is 0 Å². The first-order valence-electron chi connectivity index (χ1n) is 7.84. The van der Waals surface area contributed by atoms with Crippen LogP contribution in [0.1, 0.15) is 36.0 Å². The SMILES string of the molecule is O=C(NCCC1CCCCN1)c1cccc2ccccc12. The van der Waals surface area contributed by atoms with E-state index in [1.54, 1.807) is 0 Å². The standard InChI is InChI=1S/C18H22N2O/c21-18(20-13-11-15-8-3-4-12-19-15)17-10-5-7-14-6-1-2-9-16(14)17/h1-2,5-7,9-10,15,19H,3-4,8,11-13H2,(H,20,21). The molecule has 0 aromatic heterocycles. The Bertz CT molecular complexity index is 612. The van der Waals surface area contributed by atoms with Crippen LogP contribution in [0, 0.1) is 0 Å². The molecule has 1 aliphatic rings. The van der Waals surface area contributed by atoms with Crippen LogP contribution in [0.5, 0.6) is 0 Å². The highest BCUT2D eigenvalue weighted by atomic mass is 16.1. The monoisotopic (exact) mass is 282 g/mol. The molecular weight excluding hydrogens is 260 g/mol. The molecule has 3 rings (SSSR count). The third-order valence-corrected chi connectivity index (χ3v) is 4.22. The number of carbonyl (C=O) groups excluding carboxylic acids is 1. The summed E-state index contributed by atoms with van der Waals surface area (Å²) < 4.78 is 0. The Hall–Kier alpha value is -1.87. The zero-order chi connectivity index (χ0) is 14.5. The molecule has 3 heteroatoms. The number of rotatable bonds is 4. The summed E-state index contributed by atoms with van der Waals surface area (Å²) in [6, 6.07) is 14.5. The third-order valence-electron chi connectivity index (χ3n) is 4.22. The van der Waals surface area contributed by atoms with Gasteiger partial charge in [0.2, 0.25) is 0 Å². The number of nitrogens with one attached hydrogen (secondary N) is 2. The Kier molecular flexibility index (Phi) is 4.51. The van der Waals surface area contributed by atoms with E-state index in [2.05, 4.69) is 10.6 Å². The summed E-state index contributed by atoms with van der Waals surface area (Å²) in [5.74, 6) is 0.0302. The molecule has 1 saturated heterocycles. The van der Waals surface area contributed by atoms with E-state index in [1.807, 2.05) is 42.5 Å². The first-order chi connectivity index (χ1) is 10.3. The van der Waals surface area contributed by atoms with Gasteiger partial charge in [0, 0.05) is 18.2 Å². The van der Waals surface area contributed by atoms with Gasteiger partial charge < -0.3 is 10.6 Å². The van der Waals surface area contributed by atoms with Crippen molar-refractivity contribution >= 4 is 16.7 Å². The maximum Gasteiger partial charge on any atom is 0.251 e. The second-order valence-corrected chi connectivity index (χ2v) is 5.72. The summed E-state index contributed by atoms with van der Waals surface area (Å²) in [6.07, 6.45) is 4.81. The number of hydrogen-bond donors (Lipinski definition) is 2. The lowest BCUT2D eigenvalue weighted by Gasteiger charge is -2.23. The lowest BCUT2D eigenvalue weighted by atomic mass is 10.0. The van der Waals surface area contributed by atoms with E-state index in [-0.39, 0.29) is 5.91 Å². The Balaban J connectivity index is 1.61. The topological polar surface area (TPSA) is 41.1 Å². The van der Waals surface area contributed by atoms with Crippen LogP contribution in [0.15, 0.2) is 42.5 Å². The van der Waals surface area contributed by atoms with Gasteiger partial charge in [-0.05, 0) is 42.6 Å². The number of hydrogen-bond acceptors (Lipinski definition) is 2. The summed E-state index contributed by atoms with van der Waals surface area (Å²) in [4.78, 5) is 12.4. The van der Waals surface area contributed by atoms with Crippen molar-refractivity contribution in [2.45, 2.75) is 31.7 Å². The van der Waals surface area contributed by atoms with Crippen molar-refractivity contribution in [1.29, 1.82) is 0 Å². The molecule has 1 heterocycles. The van der Waals surface area contributed by atoms with Crippen molar-refractivity contribution in [2.75, 3.05) is 13.1 Å². The van der Waals surface area contributed by atoms with Crippen LogP contribution in [0.25, 0.3) is 10.8 Å². The molecule has 0 saturated carbocycles. The fraction of sp³-hybridized carbons (Fsp3) is 0.389. The Morgan fingerprint density at radius 2 is 2.00 bits per heavy atom. The molecule has 0 bridgehead atoms. The van der Waals surface area contributed by atoms with Crippen molar-refractivity contribution in [2.24, 2.45) is 0 Å². The van der Waals surface area contributed by atoms with Gasteiger partial charge in [-0.25, -0.2) is 0 Å². The van der Waals surface area contributed by atoms with Crippen LogP contribution < -0.4 is 10.6 Å². The fourth-order valence-corrected chi connectivity index (χ4v) is 3.05. The minimum absolute atomic E-state index is 0.0302. The highest BCUT2D eigenvalue weighted by Gasteiger charge is 2.13. The Morgan fingerprint density at radius 1 is 1.14 bits per heavy atom. The van der Waals surface area contributed by atoms with Gasteiger partial charge in [-0.15, -0.1) is 0 Å². The van der Waals surface area contributed by atoms with Crippen LogP contribution in [0.4, 0.5) is 0 Å². The summed E-state index contributed by atoms with van der Waals surface area (Å²) in [5, 5.41) is 8.70. The predicted molar refractivity (Wildman–Crippen MR) is 86.5 cm³/mol. The van der Waals surface area contributed by atoms with E-state index >= 15 is 0 Å². The van der Waals surface area contributed by atoms with E-state index in [0.29, 0.717) is 6.04 Å². The normalized spacial score (nSPS) is 18.6. The average molecular weight is 282 g/mol. The average Bonchev–Trinajstić information content (AvgIpc) is 2.55. The highest BCUT2D eigenvalue weighted by Crippen LogP contribution is 2.18. The highest BCUT2D eigenvalue weighted by molar-refractivity contribution is 6.06. The fourth-order valence-electron chi connectivity index (χ4n) is 3.05. The molecule has 2 N–H and O–H groups in total. The molecule has 2 aromatic carbocycles. The molecule has 1 unspecified atom stereocenters. The van der Waals surface area contributed by atoms with E-state index in [9.17, 15) is 4.79 Å². The maximum atomic E-state index is 12.4. The molecule has 1 aliphatic heterocycles. The molecule has 0 aliphatic carbocycles. The van der Waals surface area contributed by atoms with E-state index in [1.165, 1.54) is 19.3 Å². The zero-order valence-corrected chi connectivity index (χ0v) is 12.3. The Morgan fingerprint density at radius 3 is 2.86 bits per heavy atom. The predicted octanol–water partition coefficient (Wildman–Crippen LogP) is 3.10. The van der Waals surface area contributed by atoms with Gasteiger partial charge in [0.1, 0.15) is 0 Å². The summed E-state index contributed by atoms with van der Waals surface area (Å²) >= 11 is 0. The van der Waals surface area contributed by atoms with E-state index < -0.39 is 0 Å². The van der Waals surface area contributed by atoms with Crippen molar-refractivity contribution < 1.29 is 4.79 Å². The molecule has 1 atom stereocenters. The molecule has 2 aromatic rings. The number of carbonyl (C=O) groups is 1. The van der Waals surface area contributed by atoms with E-state index in [0.717, 1.165) is 35.8 Å². The summed E-state index contributed by atoms with van der Waals surface area (Å²) in [5.41, 5.74) is 0.768. The van der Waals surface area contributed by atoms with Crippen LogP contribution in [-0.2, 0) is 0 Å². The first-order valence-corrected chi connectivity index (χ1v) is 7.84. The lowest BCUT2D eigenvalue weighted by molar-refractivity contribution is 0.0953. The minimum Gasteiger partial charge on any atom is -0.352 e. The maximum absolute atomic E-state index is 12.4. The molecule has 0 spiro atoms. The summed E-state index contributed by atoms with van der Waals surface area (Å²) in [6.45, 7) is 1.85. The largest absolute Gasteiger partial charge is 0.352 e. The number of piperidine rings is 1. The van der Waals surface area contributed by atoms with Crippen molar-refractivity contribution in [3.05, 3.63) is 48.0 Å². The molecule has 3 nitrogen and oxygen atoms in total. The molecule has 21 heavy (non-hydrogen) atoms. The summed E-state index contributed by atoms with van der Waals surface area (Å²) in [7, 11) is 0. The zero-order valence-electron chi connectivity index (χ0n) is 12.3. The van der Waals surface area contributed by atoms with Crippen molar-refractivity contribution in [3.8, 4) is 0 Å². The smallest absolute Gasteiger partial charge is 0.251 e. The molecule has 1 fully saturated rings. The molecule has 110 valence electrons. The molecular formula is C18H22N2O. The second kappa shape index (κ2) is 6.72. The number of benzene rings is 2. The quantitative estimate of drug-likeness (QED) is 0.904. The van der Waals surface area contributed by atoms with Crippen LogP contribution in [0.3, 0.4) is 0 Å². The van der Waals surface area contributed by atoms with Gasteiger partial charge in [0.15, 0.2) is 0 Å². The van der Waals surface area contributed by atoms with Crippen LogP contribution in [0.2, 0.25) is 0 Å². The third kappa shape index (κ3) is 3.42. The van der Waals surface area contributed by atoms with Gasteiger partial charge in [-0.2, -0.15) is 0 Å². The number of fused-ring (bicyclic) bond motifs is 1. The van der Waals surface area contributed by atoms with Crippen molar-refractivity contribution in [1.82, 2.24) is 10.6 Å². The molecule has 0 radical (unpaired) electrons. The van der Waals surface area contributed by atoms with Gasteiger partial charge in [0.05, 0.1) is 0 Å². The Labute approximate surface area is 125 Å². The van der Waals surface area contributed by atoms with Crippen LogP contribution in [-0.4, -0.2) is 25.0 Å². The molecule has 1 amide bonds.